The predicted octanol–water partition coefficient (Wildman–Crippen LogP) is 2.62. The largest absolute Gasteiger partial charge is 0.317 e. The van der Waals surface area contributed by atoms with Gasteiger partial charge in [0.05, 0.1) is 5.69 Å². The van der Waals surface area contributed by atoms with Crippen molar-refractivity contribution >= 4 is 0 Å². The van der Waals surface area contributed by atoms with Crippen LogP contribution in [0.4, 0.5) is 0 Å². The van der Waals surface area contributed by atoms with Crippen LogP contribution in [0.5, 0.6) is 0 Å². The molecule has 3 rings (SSSR count). The van der Waals surface area contributed by atoms with E-state index in [1.807, 2.05) is 4.68 Å². The third-order valence-corrected chi connectivity index (χ3v) is 4.37. The number of hydrogen-bond acceptors (Lipinski definition) is 3. The van der Waals surface area contributed by atoms with Gasteiger partial charge in [0, 0.05) is 12.7 Å². The summed E-state index contributed by atoms with van der Waals surface area (Å²) in [5, 5.41) is 12.1. The molecule has 1 aliphatic rings. The summed E-state index contributed by atoms with van der Waals surface area (Å²) in [7, 11) is 0. The highest BCUT2D eigenvalue weighted by molar-refractivity contribution is 5.20. The van der Waals surface area contributed by atoms with E-state index in [4.69, 9.17) is 0 Å². The number of nitrogens with one attached hydrogen (secondary N) is 1. The van der Waals surface area contributed by atoms with E-state index in [9.17, 15) is 0 Å². The molecular formula is C17H24N4. The Bertz CT molecular complexity index is 543. The van der Waals surface area contributed by atoms with E-state index in [0.717, 1.165) is 37.7 Å². The van der Waals surface area contributed by atoms with Gasteiger partial charge in [-0.1, -0.05) is 42.5 Å². The summed E-state index contributed by atoms with van der Waals surface area (Å²) < 4.78 is 2.03. The average Bonchev–Trinajstić information content (AvgIpc) is 2.96. The highest BCUT2D eigenvalue weighted by Gasteiger charge is 2.15. The standard InChI is InChI=1S/C17H24N4/c1-14(16-5-3-2-4-6-16)11-17-13-21(20-19-17)12-15-7-9-18-10-8-15/h2-6,13-15,18H,7-12H2,1H3/t14-/m0/s1. The van der Waals surface area contributed by atoms with Crippen molar-refractivity contribution in [1.29, 1.82) is 0 Å². The summed E-state index contributed by atoms with van der Waals surface area (Å²) in [6, 6.07) is 10.6. The Hall–Kier alpha value is -1.68. The van der Waals surface area contributed by atoms with Gasteiger partial charge in [0.25, 0.3) is 0 Å². The fraction of sp³-hybridized carbons (Fsp3) is 0.529. The molecule has 0 aliphatic carbocycles. The Kier molecular flexibility index (Phi) is 4.65. The van der Waals surface area contributed by atoms with Crippen molar-refractivity contribution in [3.8, 4) is 0 Å². The summed E-state index contributed by atoms with van der Waals surface area (Å²) in [5.41, 5.74) is 2.46. The van der Waals surface area contributed by atoms with Gasteiger partial charge < -0.3 is 5.32 Å². The van der Waals surface area contributed by atoms with Gasteiger partial charge in [-0.15, -0.1) is 5.10 Å². The summed E-state index contributed by atoms with van der Waals surface area (Å²) >= 11 is 0. The van der Waals surface area contributed by atoms with Crippen molar-refractivity contribution in [2.45, 2.75) is 38.6 Å². The Labute approximate surface area is 126 Å². The minimum Gasteiger partial charge on any atom is -0.317 e. The van der Waals surface area contributed by atoms with E-state index >= 15 is 0 Å². The fourth-order valence-electron chi connectivity index (χ4n) is 3.06. The SMILES string of the molecule is C[C@@H](Cc1cn(CC2CCNCC2)nn1)c1ccccc1. The lowest BCUT2D eigenvalue weighted by Gasteiger charge is -2.21. The molecule has 1 aliphatic heterocycles. The number of aromatic nitrogens is 3. The van der Waals surface area contributed by atoms with Gasteiger partial charge in [0.2, 0.25) is 0 Å². The van der Waals surface area contributed by atoms with Gasteiger partial charge in [0.1, 0.15) is 0 Å². The topological polar surface area (TPSA) is 42.7 Å². The summed E-state index contributed by atoms with van der Waals surface area (Å²) in [4.78, 5) is 0. The fourth-order valence-corrected chi connectivity index (χ4v) is 3.06. The van der Waals surface area contributed by atoms with Crippen LogP contribution < -0.4 is 5.32 Å². The quantitative estimate of drug-likeness (QED) is 0.918. The number of benzene rings is 1. The number of nitrogens with zero attached hydrogens (tertiary/aromatic N) is 3. The van der Waals surface area contributed by atoms with E-state index < -0.39 is 0 Å². The number of rotatable bonds is 5. The molecule has 4 heteroatoms. The molecule has 112 valence electrons. The summed E-state index contributed by atoms with van der Waals surface area (Å²) in [6.07, 6.45) is 5.57. The van der Waals surface area contributed by atoms with Gasteiger partial charge in [-0.05, 0) is 49.8 Å². The third-order valence-electron chi connectivity index (χ3n) is 4.37. The lowest BCUT2D eigenvalue weighted by atomic mass is 9.96. The molecule has 2 aromatic rings. The molecule has 1 aromatic heterocycles. The number of hydrogen-bond donors (Lipinski definition) is 1. The molecule has 0 unspecified atom stereocenters. The molecule has 0 bridgehead atoms. The first-order valence-corrected chi connectivity index (χ1v) is 7.96. The van der Waals surface area contributed by atoms with Crippen LogP contribution in [0.15, 0.2) is 36.5 Å². The Morgan fingerprint density at radius 1 is 1.24 bits per heavy atom. The second-order valence-electron chi connectivity index (χ2n) is 6.14. The highest BCUT2D eigenvalue weighted by Crippen LogP contribution is 2.19. The minimum atomic E-state index is 0.482. The summed E-state index contributed by atoms with van der Waals surface area (Å²) in [5.74, 6) is 1.22. The van der Waals surface area contributed by atoms with Crippen molar-refractivity contribution < 1.29 is 0 Å². The highest BCUT2D eigenvalue weighted by atomic mass is 15.4. The van der Waals surface area contributed by atoms with E-state index in [1.165, 1.54) is 18.4 Å². The van der Waals surface area contributed by atoms with Gasteiger partial charge in [-0.3, -0.25) is 4.68 Å². The zero-order valence-corrected chi connectivity index (χ0v) is 12.7. The van der Waals surface area contributed by atoms with Crippen molar-refractivity contribution in [1.82, 2.24) is 20.3 Å². The Balaban J connectivity index is 1.57. The van der Waals surface area contributed by atoms with Gasteiger partial charge in [-0.2, -0.15) is 0 Å². The third kappa shape index (κ3) is 3.91. The predicted molar refractivity (Wildman–Crippen MR) is 84.2 cm³/mol. The zero-order chi connectivity index (χ0) is 14.5. The molecule has 0 radical (unpaired) electrons. The first kappa shape index (κ1) is 14.3. The molecule has 2 heterocycles. The molecule has 0 spiro atoms. The van der Waals surface area contributed by atoms with Gasteiger partial charge >= 0.3 is 0 Å². The number of piperidine rings is 1. The van der Waals surface area contributed by atoms with Crippen LogP contribution >= 0.6 is 0 Å². The van der Waals surface area contributed by atoms with Crippen LogP contribution in [0.1, 0.15) is 36.9 Å². The maximum atomic E-state index is 4.34. The lowest BCUT2D eigenvalue weighted by Crippen LogP contribution is -2.30. The molecule has 0 amide bonds. The normalized spacial score (nSPS) is 17.8. The van der Waals surface area contributed by atoms with Gasteiger partial charge in [0.15, 0.2) is 0 Å². The van der Waals surface area contributed by atoms with Crippen LogP contribution in [-0.2, 0) is 13.0 Å². The van der Waals surface area contributed by atoms with E-state index in [1.54, 1.807) is 0 Å². The Morgan fingerprint density at radius 3 is 2.76 bits per heavy atom. The average molecular weight is 284 g/mol. The molecule has 1 N–H and O–H groups in total. The molecule has 21 heavy (non-hydrogen) atoms. The maximum Gasteiger partial charge on any atom is 0.0833 e. The molecule has 0 saturated carbocycles. The zero-order valence-electron chi connectivity index (χ0n) is 12.7. The van der Waals surface area contributed by atoms with Crippen LogP contribution in [0.2, 0.25) is 0 Å². The molecule has 1 atom stereocenters. The van der Waals surface area contributed by atoms with Crippen molar-refractivity contribution in [2.75, 3.05) is 13.1 Å². The molecule has 1 saturated heterocycles. The molecular weight excluding hydrogens is 260 g/mol. The monoisotopic (exact) mass is 284 g/mol. The summed E-state index contributed by atoms with van der Waals surface area (Å²) in [6.45, 7) is 5.53. The Morgan fingerprint density at radius 2 is 2.00 bits per heavy atom. The molecule has 1 fully saturated rings. The smallest absolute Gasteiger partial charge is 0.0833 e. The molecule has 1 aromatic carbocycles. The van der Waals surface area contributed by atoms with Gasteiger partial charge in [-0.25, -0.2) is 0 Å². The first-order chi connectivity index (χ1) is 10.3. The van der Waals surface area contributed by atoms with E-state index in [0.29, 0.717) is 5.92 Å². The van der Waals surface area contributed by atoms with E-state index in [2.05, 4.69) is 59.1 Å². The van der Waals surface area contributed by atoms with Crippen LogP contribution in [0.3, 0.4) is 0 Å². The second kappa shape index (κ2) is 6.85. The van der Waals surface area contributed by atoms with Crippen LogP contribution in [0.25, 0.3) is 0 Å². The maximum absolute atomic E-state index is 4.34. The van der Waals surface area contributed by atoms with Crippen LogP contribution in [0, 0.1) is 5.92 Å². The van der Waals surface area contributed by atoms with Crippen molar-refractivity contribution in [3.63, 3.8) is 0 Å². The van der Waals surface area contributed by atoms with Crippen LogP contribution in [-0.4, -0.2) is 28.1 Å². The van der Waals surface area contributed by atoms with Crippen molar-refractivity contribution in [3.05, 3.63) is 47.8 Å². The van der Waals surface area contributed by atoms with E-state index in [-0.39, 0.29) is 0 Å². The minimum absolute atomic E-state index is 0.482. The van der Waals surface area contributed by atoms with Crippen molar-refractivity contribution in [2.24, 2.45) is 5.92 Å². The lowest BCUT2D eigenvalue weighted by molar-refractivity contribution is 0.318. The first-order valence-electron chi connectivity index (χ1n) is 7.96. The second-order valence-corrected chi connectivity index (χ2v) is 6.14. The molecule has 4 nitrogen and oxygen atoms in total.